The molecule has 32 heavy (non-hydrogen) atoms. The molecule has 0 radical (unpaired) electrons. The Kier molecular flexibility index (Phi) is 8.95. The average Bonchev–Trinajstić information content (AvgIpc) is 3.46. The molecule has 0 amide bonds. The van der Waals surface area contributed by atoms with Gasteiger partial charge in [-0.1, -0.05) is 12.1 Å². The fraction of sp³-hybridized carbons (Fsp3) is 0.500. The summed E-state index contributed by atoms with van der Waals surface area (Å²) in [5.74, 6) is 2.31. The summed E-state index contributed by atoms with van der Waals surface area (Å²) in [5.41, 5.74) is 1.93. The van der Waals surface area contributed by atoms with E-state index in [0.29, 0.717) is 30.8 Å². The molecule has 0 spiro atoms. The second-order valence-electron chi connectivity index (χ2n) is 8.45. The maximum atomic E-state index is 14.4. The van der Waals surface area contributed by atoms with E-state index in [-0.39, 0.29) is 35.8 Å². The highest BCUT2D eigenvalue weighted by molar-refractivity contribution is 14.0. The highest BCUT2D eigenvalue weighted by atomic mass is 127. The zero-order chi connectivity index (χ0) is 21.6. The third-order valence-corrected chi connectivity index (χ3v) is 5.90. The van der Waals surface area contributed by atoms with E-state index in [0.717, 1.165) is 30.0 Å². The molecule has 0 bridgehead atoms. The summed E-state index contributed by atoms with van der Waals surface area (Å²) in [6.07, 6.45) is 6.76. The second-order valence-corrected chi connectivity index (χ2v) is 8.45. The molecule has 2 heterocycles. The number of guanidine groups is 1. The number of aliphatic imine (C=N–C) groups is 1. The van der Waals surface area contributed by atoms with Gasteiger partial charge in [-0.3, -0.25) is 4.99 Å². The number of hydrogen-bond donors (Lipinski definition) is 2. The lowest BCUT2D eigenvalue weighted by atomic mass is 10.1. The molecule has 2 aromatic rings. The van der Waals surface area contributed by atoms with E-state index >= 15 is 0 Å². The molecule has 1 aromatic carbocycles. The minimum Gasteiger partial charge on any atom is -0.490 e. The molecule has 8 heteroatoms. The summed E-state index contributed by atoms with van der Waals surface area (Å²) in [7, 11) is 1.73. The molecular formula is C24H33FIN5O. The number of anilines is 1. The van der Waals surface area contributed by atoms with Crippen LogP contribution < -0.4 is 20.3 Å². The van der Waals surface area contributed by atoms with Crippen LogP contribution in [0.4, 0.5) is 10.2 Å². The quantitative estimate of drug-likeness (QED) is 0.283. The molecule has 1 saturated carbocycles. The number of rotatable bonds is 8. The van der Waals surface area contributed by atoms with Gasteiger partial charge in [-0.05, 0) is 67.9 Å². The van der Waals surface area contributed by atoms with Crippen molar-refractivity contribution in [3.63, 3.8) is 0 Å². The van der Waals surface area contributed by atoms with E-state index < -0.39 is 0 Å². The van der Waals surface area contributed by atoms with E-state index in [4.69, 9.17) is 4.74 Å². The van der Waals surface area contributed by atoms with Crippen molar-refractivity contribution in [3.8, 4) is 5.75 Å². The first-order valence-electron chi connectivity index (χ1n) is 11.2. The Labute approximate surface area is 207 Å². The van der Waals surface area contributed by atoms with Crippen LogP contribution in [0, 0.1) is 11.7 Å². The molecule has 2 fully saturated rings. The first kappa shape index (κ1) is 24.5. The van der Waals surface area contributed by atoms with Crippen molar-refractivity contribution in [2.24, 2.45) is 10.9 Å². The summed E-state index contributed by atoms with van der Waals surface area (Å²) in [6.45, 7) is 5.38. The van der Waals surface area contributed by atoms with Gasteiger partial charge in [0.05, 0.1) is 12.6 Å². The zero-order valence-corrected chi connectivity index (χ0v) is 21.1. The van der Waals surface area contributed by atoms with Crippen LogP contribution in [0.1, 0.15) is 49.8 Å². The van der Waals surface area contributed by atoms with Gasteiger partial charge < -0.3 is 20.3 Å². The Balaban J connectivity index is 0.00000289. The van der Waals surface area contributed by atoms with E-state index in [1.165, 1.54) is 31.7 Å². The van der Waals surface area contributed by atoms with Gasteiger partial charge in [0.25, 0.3) is 0 Å². The van der Waals surface area contributed by atoms with Crippen LogP contribution in [0.15, 0.2) is 41.5 Å². The van der Waals surface area contributed by atoms with Crippen LogP contribution >= 0.6 is 24.0 Å². The number of halogens is 2. The van der Waals surface area contributed by atoms with Crippen LogP contribution in [0.25, 0.3) is 0 Å². The van der Waals surface area contributed by atoms with Crippen molar-refractivity contribution in [3.05, 3.63) is 53.5 Å². The van der Waals surface area contributed by atoms with E-state index in [9.17, 15) is 4.39 Å². The van der Waals surface area contributed by atoms with Gasteiger partial charge in [-0.15, -0.1) is 24.0 Å². The Morgan fingerprint density at radius 2 is 2.03 bits per heavy atom. The lowest BCUT2D eigenvalue weighted by Gasteiger charge is -2.19. The summed E-state index contributed by atoms with van der Waals surface area (Å²) in [5, 5.41) is 6.63. The van der Waals surface area contributed by atoms with Crippen LogP contribution in [0.2, 0.25) is 0 Å². The molecule has 1 saturated heterocycles. The first-order chi connectivity index (χ1) is 15.1. The SMILES string of the molecule is CN=C(NCc1ccc(N2CCCC2)nc1)NC(C)c1ccc(OCC2CC2)c(F)c1.I. The minimum absolute atomic E-state index is 0. The van der Waals surface area contributed by atoms with Crippen molar-refractivity contribution in [2.75, 3.05) is 31.6 Å². The highest BCUT2D eigenvalue weighted by Crippen LogP contribution is 2.30. The standard InChI is InChI=1S/C24H32FN5O.HI/c1-17(20-8-9-22(21(25)13-20)31-16-18-5-6-18)29-24(26-2)28-15-19-7-10-23(27-14-19)30-11-3-4-12-30;/h7-10,13-14,17-18H,3-6,11-12,15-16H2,1-2H3,(H2,26,28,29);1H. The topological polar surface area (TPSA) is 61.8 Å². The number of benzene rings is 1. The molecule has 4 rings (SSSR count). The van der Waals surface area contributed by atoms with Gasteiger partial charge in [0.15, 0.2) is 17.5 Å². The van der Waals surface area contributed by atoms with Crippen molar-refractivity contribution >= 4 is 35.8 Å². The number of aromatic nitrogens is 1. The van der Waals surface area contributed by atoms with Crippen molar-refractivity contribution < 1.29 is 9.13 Å². The number of pyridine rings is 1. The Hall–Kier alpha value is -2.10. The Bertz CT molecular complexity index is 898. The predicted molar refractivity (Wildman–Crippen MR) is 137 cm³/mol. The lowest BCUT2D eigenvalue weighted by Crippen LogP contribution is -2.38. The number of nitrogens with one attached hydrogen (secondary N) is 2. The molecule has 1 atom stereocenters. The summed E-state index contributed by atoms with van der Waals surface area (Å²) in [6, 6.07) is 9.23. The third kappa shape index (κ3) is 6.70. The fourth-order valence-corrected chi connectivity index (χ4v) is 3.72. The van der Waals surface area contributed by atoms with Crippen molar-refractivity contribution in [1.82, 2.24) is 15.6 Å². The average molecular weight is 553 g/mol. The van der Waals surface area contributed by atoms with E-state index in [1.807, 2.05) is 19.2 Å². The first-order valence-corrected chi connectivity index (χ1v) is 11.2. The molecule has 1 aliphatic carbocycles. The molecule has 1 aromatic heterocycles. The van der Waals surface area contributed by atoms with Crippen molar-refractivity contribution in [1.29, 1.82) is 0 Å². The number of nitrogens with zero attached hydrogens (tertiary/aromatic N) is 3. The summed E-state index contributed by atoms with van der Waals surface area (Å²) in [4.78, 5) is 11.2. The molecule has 2 N–H and O–H groups in total. The maximum absolute atomic E-state index is 14.4. The van der Waals surface area contributed by atoms with E-state index in [1.54, 1.807) is 13.1 Å². The second kappa shape index (κ2) is 11.7. The number of hydrogen-bond acceptors (Lipinski definition) is 4. The largest absolute Gasteiger partial charge is 0.490 e. The van der Waals surface area contributed by atoms with Gasteiger partial charge in [0, 0.05) is 32.9 Å². The molecule has 2 aliphatic rings. The third-order valence-electron chi connectivity index (χ3n) is 5.90. The Morgan fingerprint density at radius 3 is 2.66 bits per heavy atom. The maximum Gasteiger partial charge on any atom is 0.191 e. The van der Waals surface area contributed by atoms with Gasteiger partial charge in [0.2, 0.25) is 0 Å². The van der Waals surface area contributed by atoms with Gasteiger partial charge in [0.1, 0.15) is 5.82 Å². The van der Waals surface area contributed by atoms with Gasteiger partial charge >= 0.3 is 0 Å². The summed E-state index contributed by atoms with van der Waals surface area (Å²) < 4.78 is 20.0. The van der Waals surface area contributed by atoms with Gasteiger partial charge in [-0.2, -0.15) is 0 Å². The van der Waals surface area contributed by atoms with Crippen LogP contribution in [-0.4, -0.2) is 37.7 Å². The highest BCUT2D eigenvalue weighted by Gasteiger charge is 2.22. The Morgan fingerprint density at radius 1 is 1.25 bits per heavy atom. The normalized spacial score (nSPS) is 17.0. The summed E-state index contributed by atoms with van der Waals surface area (Å²) >= 11 is 0. The molecule has 6 nitrogen and oxygen atoms in total. The monoisotopic (exact) mass is 553 g/mol. The minimum atomic E-state index is -0.320. The number of ether oxygens (including phenoxy) is 1. The van der Waals surface area contributed by atoms with Crippen LogP contribution in [0.5, 0.6) is 5.75 Å². The van der Waals surface area contributed by atoms with Crippen LogP contribution in [0.3, 0.4) is 0 Å². The fourth-order valence-electron chi connectivity index (χ4n) is 3.72. The smallest absolute Gasteiger partial charge is 0.191 e. The van der Waals surface area contributed by atoms with Gasteiger partial charge in [-0.25, -0.2) is 9.37 Å². The van der Waals surface area contributed by atoms with Crippen molar-refractivity contribution in [2.45, 2.75) is 45.2 Å². The molecule has 1 unspecified atom stereocenters. The molecule has 174 valence electrons. The van der Waals surface area contributed by atoms with E-state index in [2.05, 4.69) is 37.6 Å². The molecular weight excluding hydrogens is 520 g/mol. The zero-order valence-electron chi connectivity index (χ0n) is 18.8. The predicted octanol–water partition coefficient (Wildman–Crippen LogP) is 4.65. The lowest BCUT2D eigenvalue weighted by molar-refractivity contribution is 0.285. The molecule has 1 aliphatic heterocycles. The van der Waals surface area contributed by atoms with Crippen LogP contribution in [-0.2, 0) is 6.54 Å².